The summed E-state index contributed by atoms with van der Waals surface area (Å²) >= 11 is 0. The van der Waals surface area contributed by atoms with Gasteiger partial charge in [0.25, 0.3) is 5.91 Å². The van der Waals surface area contributed by atoms with Gasteiger partial charge in [-0.2, -0.15) is 13.2 Å². The molecule has 1 amide bonds. The van der Waals surface area contributed by atoms with Crippen LogP contribution >= 0.6 is 0 Å². The van der Waals surface area contributed by atoms with Crippen LogP contribution in [0.1, 0.15) is 43.1 Å². The van der Waals surface area contributed by atoms with Gasteiger partial charge in [-0.15, -0.1) is 0 Å². The van der Waals surface area contributed by atoms with E-state index in [1.807, 2.05) is 0 Å². The maximum Gasteiger partial charge on any atom is 0.416 e. The molecule has 5 nitrogen and oxygen atoms in total. The number of esters is 1. The zero-order valence-corrected chi connectivity index (χ0v) is 18.1. The minimum absolute atomic E-state index is 0.00274. The molecule has 158 valence electrons. The molecule has 1 aromatic rings. The van der Waals surface area contributed by atoms with Gasteiger partial charge in [0.05, 0.1) is 12.7 Å². The molecule has 1 rings (SSSR count). The molecule has 0 saturated heterocycles. The summed E-state index contributed by atoms with van der Waals surface area (Å²) in [6.07, 6.45) is -4.28. The second-order valence-corrected chi connectivity index (χ2v) is 12.8. The number of amides is 1. The zero-order valence-electron chi connectivity index (χ0n) is 17.1. The smallest absolute Gasteiger partial charge is 0.416 e. The average Bonchev–Trinajstić information content (AvgIpc) is 2.58. The minimum Gasteiger partial charge on any atom is -0.467 e. The summed E-state index contributed by atoms with van der Waals surface area (Å²) in [5, 5.41) is 2.51. The molecule has 28 heavy (non-hydrogen) atoms. The van der Waals surface area contributed by atoms with Crippen LogP contribution in [0.2, 0.25) is 18.1 Å². The van der Waals surface area contributed by atoms with Gasteiger partial charge >= 0.3 is 12.1 Å². The highest BCUT2D eigenvalue weighted by Crippen LogP contribution is 2.36. The summed E-state index contributed by atoms with van der Waals surface area (Å²) in [4.78, 5) is 24.3. The summed E-state index contributed by atoms with van der Waals surface area (Å²) in [6, 6.07) is 2.83. The van der Waals surface area contributed by atoms with Gasteiger partial charge in [0.15, 0.2) is 8.32 Å². The molecule has 0 radical (unpaired) electrons. The van der Waals surface area contributed by atoms with E-state index in [-0.39, 0.29) is 23.6 Å². The fourth-order valence-electron chi connectivity index (χ4n) is 2.09. The number of ether oxygens (including phenoxy) is 1. The lowest BCUT2D eigenvalue weighted by molar-refractivity contribution is -0.143. The van der Waals surface area contributed by atoms with Gasteiger partial charge in [0.1, 0.15) is 6.04 Å². The number of methoxy groups -OCH3 is 1. The molecule has 0 bridgehead atoms. The molecule has 0 aliphatic heterocycles. The van der Waals surface area contributed by atoms with Crippen LogP contribution in [-0.4, -0.2) is 40.0 Å². The normalized spacial score (nSPS) is 13.8. The van der Waals surface area contributed by atoms with Crippen LogP contribution in [0, 0.1) is 0 Å². The molecule has 0 spiro atoms. The third-order valence-corrected chi connectivity index (χ3v) is 9.48. The molecule has 0 aromatic heterocycles. The summed E-state index contributed by atoms with van der Waals surface area (Å²) < 4.78 is 48.6. The highest BCUT2D eigenvalue weighted by atomic mass is 28.4. The summed E-state index contributed by atoms with van der Waals surface area (Å²) in [7, 11) is -0.813. The third kappa shape index (κ3) is 6.63. The van der Waals surface area contributed by atoms with Crippen LogP contribution in [0.25, 0.3) is 0 Å². The summed E-state index contributed by atoms with van der Waals surface area (Å²) in [5.74, 6) is -1.30. The van der Waals surface area contributed by atoms with E-state index >= 15 is 0 Å². The van der Waals surface area contributed by atoms with E-state index < -0.39 is 38.0 Å². The molecular weight excluding hydrogens is 391 g/mol. The van der Waals surface area contributed by atoms with E-state index in [4.69, 9.17) is 9.16 Å². The van der Waals surface area contributed by atoms with Gasteiger partial charge in [-0.3, -0.25) is 4.79 Å². The molecule has 0 heterocycles. The molecule has 0 aliphatic rings. The molecule has 1 atom stereocenters. The van der Waals surface area contributed by atoms with Crippen molar-refractivity contribution in [3.63, 3.8) is 0 Å². The zero-order chi connectivity index (χ0) is 21.8. The Hall–Kier alpha value is -1.87. The first-order valence-corrected chi connectivity index (χ1v) is 11.8. The van der Waals surface area contributed by atoms with Crippen LogP contribution in [-0.2, 0) is 20.1 Å². The lowest BCUT2D eigenvalue weighted by atomic mass is 10.1. The van der Waals surface area contributed by atoms with Crippen molar-refractivity contribution in [1.29, 1.82) is 0 Å². The standard InChI is InChI=1S/C19H28F3NO4Si/c1-18(2,3)28(5,6)27-12-11-15(17(25)26-4)23-16(24)13-7-9-14(10-8-13)19(20,21)22/h7-10,15H,11-12H2,1-6H3,(H,23,24)/t15-/m0/s1. The number of halogens is 3. The van der Waals surface area contributed by atoms with Gasteiger partial charge in [-0.05, 0) is 42.4 Å². The van der Waals surface area contributed by atoms with Gasteiger partial charge in [0.2, 0.25) is 0 Å². The molecule has 1 N–H and O–H groups in total. The first kappa shape index (κ1) is 24.2. The van der Waals surface area contributed by atoms with Crippen molar-refractivity contribution >= 4 is 20.2 Å². The van der Waals surface area contributed by atoms with E-state index in [0.717, 1.165) is 24.3 Å². The summed E-state index contributed by atoms with van der Waals surface area (Å²) in [5.41, 5.74) is -0.830. The first-order chi connectivity index (χ1) is 12.7. The minimum atomic E-state index is -4.48. The van der Waals surface area contributed by atoms with Crippen molar-refractivity contribution in [2.75, 3.05) is 13.7 Å². The second kappa shape index (κ2) is 9.08. The number of hydrogen-bond donors (Lipinski definition) is 1. The Kier molecular flexibility index (Phi) is 7.84. The van der Waals surface area contributed by atoms with E-state index in [1.165, 1.54) is 7.11 Å². The highest BCUT2D eigenvalue weighted by Gasteiger charge is 2.37. The first-order valence-electron chi connectivity index (χ1n) is 8.89. The molecule has 0 unspecified atom stereocenters. The van der Waals surface area contributed by atoms with Crippen molar-refractivity contribution in [2.24, 2.45) is 0 Å². The van der Waals surface area contributed by atoms with Gasteiger partial charge in [-0.25, -0.2) is 4.79 Å². The van der Waals surface area contributed by atoms with Crippen molar-refractivity contribution in [3.05, 3.63) is 35.4 Å². The lowest BCUT2D eigenvalue weighted by Gasteiger charge is -2.36. The number of nitrogens with one attached hydrogen (secondary N) is 1. The number of rotatable bonds is 7. The number of alkyl halides is 3. The van der Waals surface area contributed by atoms with Crippen molar-refractivity contribution in [1.82, 2.24) is 5.32 Å². The number of carbonyl (C=O) groups is 2. The Morgan fingerprint density at radius 1 is 1.11 bits per heavy atom. The van der Waals surface area contributed by atoms with Crippen LogP contribution in [0.4, 0.5) is 13.2 Å². The van der Waals surface area contributed by atoms with Crippen LogP contribution < -0.4 is 5.32 Å². The highest BCUT2D eigenvalue weighted by molar-refractivity contribution is 6.74. The molecular formula is C19H28F3NO4Si. The van der Waals surface area contributed by atoms with Crippen LogP contribution in [0.3, 0.4) is 0 Å². The Morgan fingerprint density at radius 3 is 2.07 bits per heavy atom. The Balaban J connectivity index is 2.78. The molecule has 0 saturated carbocycles. The molecule has 1 aromatic carbocycles. The predicted octanol–water partition coefficient (Wildman–Crippen LogP) is 4.39. The second-order valence-electron chi connectivity index (χ2n) is 8.02. The molecule has 0 aliphatic carbocycles. The molecule has 9 heteroatoms. The van der Waals surface area contributed by atoms with Crippen LogP contribution in [0.15, 0.2) is 24.3 Å². The lowest BCUT2D eigenvalue weighted by Crippen LogP contribution is -2.45. The Bertz CT molecular complexity index is 682. The topological polar surface area (TPSA) is 64.6 Å². The predicted molar refractivity (Wildman–Crippen MR) is 102 cm³/mol. The number of hydrogen-bond acceptors (Lipinski definition) is 4. The van der Waals surface area contributed by atoms with Crippen LogP contribution in [0.5, 0.6) is 0 Å². The van der Waals surface area contributed by atoms with Gasteiger partial charge in [0, 0.05) is 18.6 Å². The monoisotopic (exact) mass is 419 g/mol. The van der Waals surface area contributed by atoms with Gasteiger partial charge < -0.3 is 14.5 Å². The van der Waals surface area contributed by atoms with E-state index in [9.17, 15) is 22.8 Å². The van der Waals surface area contributed by atoms with Crippen molar-refractivity contribution in [2.45, 2.75) is 57.5 Å². The number of carbonyl (C=O) groups excluding carboxylic acids is 2. The largest absolute Gasteiger partial charge is 0.467 e. The van der Waals surface area contributed by atoms with Crippen molar-refractivity contribution in [3.8, 4) is 0 Å². The fraction of sp³-hybridized carbons (Fsp3) is 0.579. The van der Waals surface area contributed by atoms with Gasteiger partial charge in [-0.1, -0.05) is 20.8 Å². The molecule has 0 fully saturated rings. The van der Waals surface area contributed by atoms with E-state index in [2.05, 4.69) is 39.2 Å². The third-order valence-electron chi connectivity index (χ3n) is 4.94. The summed E-state index contributed by atoms with van der Waals surface area (Å²) in [6.45, 7) is 10.7. The quantitative estimate of drug-likeness (QED) is 0.526. The fourth-order valence-corrected chi connectivity index (χ4v) is 3.15. The Labute approximate surface area is 164 Å². The number of benzene rings is 1. The Morgan fingerprint density at radius 2 is 1.64 bits per heavy atom. The maximum atomic E-state index is 12.6. The average molecular weight is 420 g/mol. The SMILES string of the molecule is COC(=O)[C@H](CCO[Si](C)(C)C(C)(C)C)NC(=O)c1ccc(C(F)(F)F)cc1. The van der Waals surface area contributed by atoms with Crippen molar-refractivity contribution < 1.29 is 31.9 Å². The van der Waals surface area contributed by atoms with E-state index in [0.29, 0.717) is 0 Å². The maximum absolute atomic E-state index is 12.6. The van der Waals surface area contributed by atoms with E-state index in [1.54, 1.807) is 0 Å².